The number of ether oxygens (including phenoxy) is 1. The number of anilines is 2. The largest absolute Gasteiger partial charge is 0.449 e. The SMILES string of the molecule is CCOC(=O)N(C)c1ccc(NC(=O)c2sccc2-c2ccc(C)cc2)cc1. The number of carbonyl (C=O) groups is 2. The van der Waals surface area contributed by atoms with Crippen molar-refractivity contribution in [1.82, 2.24) is 0 Å². The van der Waals surface area contributed by atoms with Crippen molar-refractivity contribution in [3.05, 3.63) is 70.4 Å². The Labute approximate surface area is 168 Å². The van der Waals surface area contributed by atoms with E-state index in [9.17, 15) is 9.59 Å². The van der Waals surface area contributed by atoms with E-state index in [1.165, 1.54) is 21.8 Å². The molecule has 0 aliphatic heterocycles. The van der Waals surface area contributed by atoms with E-state index < -0.39 is 6.09 Å². The maximum absolute atomic E-state index is 12.8. The van der Waals surface area contributed by atoms with Gasteiger partial charge in [-0.25, -0.2) is 4.79 Å². The van der Waals surface area contributed by atoms with Crippen molar-refractivity contribution in [2.45, 2.75) is 13.8 Å². The second-order valence-corrected chi connectivity index (χ2v) is 7.20. The molecule has 2 aromatic carbocycles. The highest BCUT2D eigenvalue weighted by Crippen LogP contribution is 2.29. The molecule has 0 saturated heterocycles. The van der Waals surface area contributed by atoms with Crippen LogP contribution in [0.5, 0.6) is 0 Å². The molecule has 6 heteroatoms. The lowest BCUT2D eigenvalue weighted by molar-refractivity contribution is 0.103. The average molecular weight is 394 g/mol. The van der Waals surface area contributed by atoms with Gasteiger partial charge in [0.1, 0.15) is 0 Å². The number of benzene rings is 2. The van der Waals surface area contributed by atoms with Gasteiger partial charge in [0.05, 0.1) is 11.5 Å². The van der Waals surface area contributed by atoms with Gasteiger partial charge < -0.3 is 10.1 Å². The van der Waals surface area contributed by atoms with Crippen molar-refractivity contribution in [3.63, 3.8) is 0 Å². The van der Waals surface area contributed by atoms with E-state index in [1.54, 1.807) is 38.2 Å². The first-order valence-corrected chi connectivity index (χ1v) is 9.84. The van der Waals surface area contributed by atoms with Crippen LogP contribution in [-0.4, -0.2) is 25.7 Å². The van der Waals surface area contributed by atoms with Crippen LogP contribution in [0.3, 0.4) is 0 Å². The number of hydrogen-bond donors (Lipinski definition) is 1. The second-order valence-electron chi connectivity index (χ2n) is 6.29. The summed E-state index contributed by atoms with van der Waals surface area (Å²) in [5, 5.41) is 4.84. The lowest BCUT2D eigenvalue weighted by atomic mass is 10.0. The molecule has 0 fully saturated rings. The minimum atomic E-state index is -0.416. The highest BCUT2D eigenvalue weighted by molar-refractivity contribution is 7.12. The van der Waals surface area contributed by atoms with Gasteiger partial charge in [-0.1, -0.05) is 29.8 Å². The molecule has 1 aromatic heterocycles. The number of amides is 2. The number of nitrogens with one attached hydrogen (secondary N) is 1. The Bertz CT molecular complexity index is 962. The third-order valence-corrected chi connectivity index (χ3v) is 5.20. The van der Waals surface area contributed by atoms with E-state index in [2.05, 4.69) is 5.32 Å². The van der Waals surface area contributed by atoms with E-state index in [1.807, 2.05) is 42.6 Å². The Morgan fingerprint density at radius 1 is 1.04 bits per heavy atom. The lowest BCUT2D eigenvalue weighted by Gasteiger charge is -2.17. The monoisotopic (exact) mass is 394 g/mol. The fourth-order valence-electron chi connectivity index (χ4n) is 2.73. The molecule has 0 bridgehead atoms. The molecule has 0 unspecified atom stereocenters. The van der Waals surface area contributed by atoms with Gasteiger partial charge in [0.25, 0.3) is 5.91 Å². The molecule has 3 rings (SSSR count). The quantitative estimate of drug-likeness (QED) is 0.615. The molecule has 1 N–H and O–H groups in total. The van der Waals surface area contributed by atoms with Crippen molar-refractivity contribution < 1.29 is 14.3 Å². The van der Waals surface area contributed by atoms with Gasteiger partial charge in [-0.3, -0.25) is 9.69 Å². The fourth-order valence-corrected chi connectivity index (χ4v) is 3.54. The minimum Gasteiger partial charge on any atom is -0.449 e. The fraction of sp³-hybridized carbons (Fsp3) is 0.182. The van der Waals surface area contributed by atoms with E-state index in [-0.39, 0.29) is 5.91 Å². The maximum atomic E-state index is 12.8. The lowest BCUT2D eigenvalue weighted by Crippen LogP contribution is -2.26. The van der Waals surface area contributed by atoms with Gasteiger partial charge in [-0.05, 0) is 55.1 Å². The Kier molecular flexibility index (Phi) is 6.11. The van der Waals surface area contributed by atoms with Crippen molar-refractivity contribution >= 4 is 34.7 Å². The molecule has 3 aromatic rings. The standard InChI is InChI=1S/C22H22N2O3S/c1-4-27-22(26)24(3)18-11-9-17(10-12-18)23-21(25)20-19(13-14-28-20)16-7-5-15(2)6-8-16/h5-14H,4H2,1-3H3,(H,23,25). The summed E-state index contributed by atoms with van der Waals surface area (Å²) in [6.07, 6.45) is -0.416. The summed E-state index contributed by atoms with van der Waals surface area (Å²) in [4.78, 5) is 26.6. The summed E-state index contributed by atoms with van der Waals surface area (Å²) in [6.45, 7) is 4.12. The first-order valence-electron chi connectivity index (χ1n) is 8.96. The van der Waals surface area contributed by atoms with Crippen LogP contribution in [0, 0.1) is 6.92 Å². The summed E-state index contributed by atoms with van der Waals surface area (Å²) >= 11 is 1.41. The van der Waals surface area contributed by atoms with E-state index in [4.69, 9.17) is 4.74 Å². The van der Waals surface area contributed by atoms with Gasteiger partial charge in [0, 0.05) is 24.0 Å². The highest BCUT2D eigenvalue weighted by atomic mass is 32.1. The Hall–Kier alpha value is -3.12. The van der Waals surface area contributed by atoms with Crippen molar-refractivity contribution in [1.29, 1.82) is 0 Å². The van der Waals surface area contributed by atoms with Crippen molar-refractivity contribution in [2.75, 3.05) is 23.9 Å². The summed E-state index contributed by atoms with van der Waals surface area (Å²) in [7, 11) is 1.64. The van der Waals surface area contributed by atoms with Gasteiger partial charge in [-0.2, -0.15) is 0 Å². The molecule has 0 radical (unpaired) electrons. The molecular weight excluding hydrogens is 372 g/mol. The Morgan fingerprint density at radius 2 is 1.71 bits per heavy atom. The number of thiophene rings is 1. The van der Waals surface area contributed by atoms with Crippen LogP contribution in [0.1, 0.15) is 22.2 Å². The highest BCUT2D eigenvalue weighted by Gasteiger charge is 2.16. The van der Waals surface area contributed by atoms with Crippen LogP contribution in [0.25, 0.3) is 11.1 Å². The zero-order valence-corrected chi connectivity index (χ0v) is 16.9. The number of aryl methyl sites for hydroxylation is 1. The average Bonchev–Trinajstić information content (AvgIpc) is 3.19. The predicted octanol–water partition coefficient (Wildman–Crippen LogP) is 5.57. The molecule has 0 atom stereocenters. The van der Waals surface area contributed by atoms with Crippen molar-refractivity contribution in [3.8, 4) is 11.1 Å². The minimum absolute atomic E-state index is 0.155. The van der Waals surface area contributed by atoms with Crippen LogP contribution in [0.4, 0.5) is 16.2 Å². The summed E-state index contributed by atoms with van der Waals surface area (Å²) in [6, 6.07) is 17.1. The summed E-state index contributed by atoms with van der Waals surface area (Å²) in [5.74, 6) is -0.155. The van der Waals surface area contributed by atoms with E-state index >= 15 is 0 Å². The van der Waals surface area contributed by atoms with Crippen LogP contribution < -0.4 is 10.2 Å². The van der Waals surface area contributed by atoms with E-state index in [0.29, 0.717) is 22.9 Å². The molecule has 2 amide bonds. The predicted molar refractivity (Wildman–Crippen MR) is 114 cm³/mol. The molecule has 0 aliphatic carbocycles. The number of carbonyl (C=O) groups excluding carboxylic acids is 2. The molecule has 1 heterocycles. The molecule has 144 valence electrons. The van der Waals surface area contributed by atoms with Gasteiger partial charge >= 0.3 is 6.09 Å². The Balaban J connectivity index is 1.73. The smallest absolute Gasteiger partial charge is 0.413 e. The van der Waals surface area contributed by atoms with Gasteiger partial charge in [0.15, 0.2) is 0 Å². The summed E-state index contributed by atoms with van der Waals surface area (Å²) < 4.78 is 4.98. The topological polar surface area (TPSA) is 58.6 Å². The zero-order valence-electron chi connectivity index (χ0n) is 16.1. The van der Waals surface area contributed by atoms with Crippen LogP contribution >= 0.6 is 11.3 Å². The second kappa shape index (κ2) is 8.71. The molecular formula is C22H22N2O3S. The third kappa shape index (κ3) is 4.40. The maximum Gasteiger partial charge on any atom is 0.413 e. The molecule has 28 heavy (non-hydrogen) atoms. The number of hydrogen-bond acceptors (Lipinski definition) is 4. The number of rotatable bonds is 5. The van der Waals surface area contributed by atoms with Gasteiger partial charge in [0.2, 0.25) is 0 Å². The molecule has 0 saturated carbocycles. The first kappa shape index (κ1) is 19.6. The van der Waals surface area contributed by atoms with Crippen LogP contribution in [-0.2, 0) is 4.74 Å². The molecule has 5 nitrogen and oxygen atoms in total. The molecule has 0 aliphatic rings. The Morgan fingerprint density at radius 3 is 2.36 bits per heavy atom. The third-order valence-electron chi connectivity index (χ3n) is 4.29. The molecule has 0 spiro atoms. The normalized spacial score (nSPS) is 10.4. The zero-order chi connectivity index (χ0) is 20.1. The summed E-state index contributed by atoms with van der Waals surface area (Å²) in [5.41, 5.74) is 4.46. The van der Waals surface area contributed by atoms with Crippen LogP contribution in [0.15, 0.2) is 60.0 Å². The van der Waals surface area contributed by atoms with Crippen LogP contribution in [0.2, 0.25) is 0 Å². The first-order chi connectivity index (χ1) is 13.5. The number of nitrogens with zero attached hydrogens (tertiary/aromatic N) is 1. The van der Waals surface area contributed by atoms with Gasteiger partial charge in [-0.15, -0.1) is 11.3 Å². The van der Waals surface area contributed by atoms with E-state index in [0.717, 1.165) is 11.1 Å². The van der Waals surface area contributed by atoms with Crippen molar-refractivity contribution in [2.24, 2.45) is 0 Å².